The van der Waals surface area contributed by atoms with Gasteiger partial charge in [-0.1, -0.05) is 17.9 Å². The summed E-state index contributed by atoms with van der Waals surface area (Å²) >= 11 is 0. The average Bonchev–Trinajstić information content (AvgIpc) is 2.75. The second-order valence-corrected chi connectivity index (χ2v) is 4.53. The van der Waals surface area contributed by atoms with E-state index in [1.165, 1.54) is 0 Å². The highest BCUT2D eigenvalue weighted by Gasteiger charge is 2.01. The summed E-state index contributed by atoms with van der Waals surface area (Å²) in [5, 5.41) is 4.40. The third kappa shape index (κ3) is 3.87. The summed E-state index contributed by atoms with van der Waals surface area (Å²) in [6, 6.07) is 9.78. The van der Waals surface area contributed by atoms with Crippen molar-refractivity contribution >= 4 is 0 Å². The summed E-state index contributed by atoms with van der Waals surface area (Å²) in [6.07, 6.45) is 0. The quantitative estimate of drug-likeness (QED) is 0.862. The summed E-state index contributed by atoms with van der Waals surface area (Å²) < 4.78 is 7.69. The molecule has 0 aliphatic heterocycles. The minimum absolute atomic E-state index is 0.364. The Kier molecular flexibility index (Phi) is 4.80. The van der Waals surface area contributed by atoms with Crippen molar-refractivity contribution in [3.05, 3.63) is 47.3 Å². The Morgan fingerprint density at radius 1 is 1.30 bits per heavy atom. The lowest BCUT2D eigenvalue weighted by molar-refractivity contribution is 0.289. The highest BCUT2D eigenvalue weighted by atomic mass is 16.5. The lowest BCUT2D eigenvalue weighted by atomic mass is 10.2. The van der Waals surface area contributed by atoms with Gasteiger partial charge in [0.15, 0.2) is 0 Å². The number of hydrogen-bond acceptors (Lipinski definition) is 3. The van der Waals surface area contributed by atoms with Gasteiger partial charge >= 0.3 is 0 Å². The molecule has 0 saturated carbocycles. The van der Waals surface area contributed by atoms with Crippen molar-refractivity contribution in [2.45, 2.75) is 20.4 Å². The van der Waals surface area contributed by atoms with Gasteiger partial charge in [0, 0.05) is 11.3 Å². The molecule has 2 N–H and O–H groups in total. The smallest absolute Gasteiger partial charge is 0.120 e. The molecule has 2 aromatic rings. The number of nitrogens with two attached hydrogens (primary N) is 1. The summed E-state index contributed by atoms with van der Waals surface area (Å²) in [5.41, 5.74) is 8.45. The van der Waals surface area contributed by atoms with Gasteiger partial charge in [0.25, 0.3) is 0 Å². The summed E-state index contributed by atoms with van der Waals surface area (Å²) in [6.45, 7) is 5.71. The number of nitrogens with zero attached hydrogens (tertiary/aromatic N) is 2. The van der Waals surface area contributed by atoms with Crippen LogP contribution in [0.2, 0.25) is 0 Å². The van der Waals surface area contributed by atoms with Crippen LogP contribution in [0.5, 0.6) is 5.75 Å². The van der Waals surface area contributed by atoms with Crippen molar-refractivity contribution in [1.82, 2.24) is 9.78 Å². The van der Waals surface area contributed by atoms with Crippen molar-refractivity contribution < 1.29 is 4.74 Å². The Hall–Kier alpha value is -2.25. The Morgan fingerprint density at radius 3 is 2.85 bits per heavy atom. The third-order valence-electron chi connectivity index (χ3n) is 2.84. The lowest BCUT2D eigenvalue weighted by Gasteiger charge is -2.08. The molecule has 104 valence electrons. The molecule has 0 fully saturated rings. The molecule has 0 bridgehead atoms. The second kappa shape index (κ2) is 6.78. The number of aryl methyl sites for hydroxylation is 2. The first-order valence-corrected chi connectivity index (χ1v) is 6.62. The largest absolute Gasteiger partial charge is 0.492 e. The van der Waals surface area contributed by atoms with Crippen molar-refractivity contribution in [2.24, 2.45) is 5.73 Å². The molecule has 1 aromatic carbocycles. The van der Waals surface area contributed by atoms with E-state index in [2.05, 4.69) is 23.0 Å². The van der Waals surface area contributed by atoms with E-state index in [1.54, 1.807) is 0 Å². The highest BCUT2D eigenvalue weighted by molar-refractivity contribution is 5.39. The van der Waals surface area contributed by atoms with E-state index < -0.39 is 0 Å². The van der Waals surface area contributed by atoms with Crippen LogP contribution in [-0.2, 0) is 6.54 Å². The molecule has 0 amide bonds. The monoisotopic (exact) mass is 269 g/mol. The maximum Gasteiger partial charge on any atom is 0.120 e. The van der Waals surface area contributed by atoms with E-state index >= 15 is 0 Å². The van der Waals surface area contributed by atoms with Crippen LogP contribution >= 0.6 is 0 Å². The van der Waals surface area contributed by atoms with E-state index in [1.807, 2.05) is 42.8 Å². The molecule has 0 spiro atoms. The summed E-state index contributed by atoms with van der Waals surface area (Å²) in [5.74, 6) is 6.64. The van der Waals surface area contributed by atoms with Crippen LogP contribution in [-0.4, -0.2) is 22.9 Å². The minimum Gasteiger partial charge on any atom is -0.492 e. The molecule has 2 rings (SSSR count). The first-order valence-electron chi connectivity index (χ1n) is 6.62. The van der Waals surface area contributed by atoms with Crippen LogP contribution < -0.4 is 10.5 Å². The highest BCUT2D eigenvalue weighted by Crippen LogP contribution is 2.12. The normalized spacial score (nSPS) is 9.95. The van der Waals surface area contributed by atoms with Gasteiger partial charge in [0.1, 0.15) is 12.4 Å². The molecule has 0 atom stereocenters. The van der Waals surface area contributed by atoms with Gasteiger partial charge in [-0.2, -0.15) is 5.10 Å². The van der Waals surface area contributed by atoms with Gasteiger partial charge in [0.2, 0.25) is 0 Å². The second-order valence-electron chi connectivity index (χ2n) is 4.53. The van der Waals surface area contributed by atoms with Gasteiger partial charge in [0.05, 0.1) is 18.8 Å². The number of aromatic nitrogens is 2. The Labute approximate surface area is 119 Å². The van der Waals surface area contributed by atoms with Crippen molar-refractivity contribution in [3.63, 3.8) is 0 Å². The van der Waals surface area contributed by atoms with Crippen LogP contribution in [0.15, 0.2) is 30.3 Å². The zero-order chi connectivity index (χ0) is 14.4. The van der Waals surface area contributed by atoms with Gasteiger partial charge in [-0.05, 0) is 38.1 Å². The molecule has 0 aliphatic carbocycles. The van der Waals surface area contributed by atoms with E-state index in [0.717, 1.165) is 29.2 Å². The van der Waals surface area contributed by atoms with Crippen LogP contribution in [0.3, 0.4) is 0 Å². The van der Waals surface area contributed by atoms with Gasteiger partial charge < -0.3 is 10.5 Å². The topological polar surface area (TPSA) is 53.1 Å². The maximum atomic E-state index is 5.73. The first-order chi connectivity index (χ1) is 9.69. The van der Waals surface area contributed by atoms with Gasteiger partial charge in [-0.15, -0.1) is 0 Å². The predicted molar refractivity (Wildman–Crippen MR) is 79.6 cm³/mol. The van der Waals surface area contributed by atoms with Crippen LogP contribution in [0.25, 0.3) is 0 Å². The van der Waals surface area contributed by atoms with Crippen LogP contribution in [0.1, 0.15) is 17.0 Å². The zero-order valence-corrected chi connectivity index (χ0v) is 11.9. The van der Waals surface area contributed by atoms with E-state index in [9.17, 15) is 0 Å². The molecule has 0 radical (unpaired) electrons. The van der Waals surface area contributed by atoms with Crippen LogP contribution in [0, 0.1) is 25.7 Å². The molecule has 1 heterocycles. The van der Waals surface area contributed by atoms with Crippen molar-refractivity contribution in [3.8, 4) is 17.6 Å². The summed E-state index contributed by atoms with van der Waals surface area (Å²) in [4.78, 5) is 0. The third-order valence-corrected chi connectivity index (χ3v) is 2.84. The fourth-order valence-corrected chi connectivity index (χ4v) is 1.97. The average molecular weight is 269 g/mol. The Morgan fingerprint density at radius 2 is 2.15 bits per heavy atom. The molecule has 4 nitrogen and oxygen atoms in total. The molecule has 4 heteroatoms. The van der Waals surface area contributed by atoms with Crippen molar-refractivity contribution in [2.75, 3.05) is 13.2 Å². The number of benzene rings is 1. The zero-order valence-electron chi connectivity index (χ0n) is 11.9. The molecule has 0 unspecified atom stereocenters. The molecule has 1 aromatic heterocycles. The first kappa shape index (κ1) is 14.2. The Bertz CT molecular complexity index is 635. The van der Waals surface area contributed by atoms with Gasteiger partial charge in [-0.3, -0.25) is 4.68 Å². The summed E-state index contributed by atoms with van der Waals surface area (Å²) in [7, 11) is 0. The molecule has 20 heavy (non-hydrogen) atoms. The van der Waals surface area contributed by atoms with Crippen LogP contribution in [0.4, 0.5) is 0 Å². The Balaban J connectivity index is 1.92. The number of rotatable bonds is 4. The standard InChI is InChI=1S/C16H19N3O/c1-13-11-14(2)19(18-13)9-10-20-16-7-3-5-15(12-16)6-4-8-17/h3,5,7,11-12H,8-10,17H2,1-2H3. The molecular formula is C16H19N3O. The molecule has 0 saturated heterocycles. The van der Waals surface area contributed by atoms with Crippen molar-refractivity contribution in [1.29, 1.82) is 0 Å². The molecule has 0 aliphatic rings. The predicted octanol–water partition coefficient (Wildman–Crippen LogP) is 1.89. The van der Waals surface area contributed by atoms with E-state index in [4.69, 9.17) is 10.5 Å². The van der Waals surface area contributed by atoms with Gasteiger partial charge in [-0.25, -0.2) is 0 Å². The number of ether oxygens (including phenoxy) is 1. The molecular weight excluding hydrogens is 250 g/mol. The fourth-order valence-electron chi connectivity index (χ4n) is 1.97. The lowest BCUT2D eigenvalue weighted by Crippen LogP contribution is -2.10. The SMILES string of the molecule is Cc1cc(C)n(CCOc2cccc(C#CCN)c2)n1. The fraction of sp³-hybridized carbons (Fsp3) is 0.312. The maximum absolute atomic E-state index is 5.73. The van der Waals surface area contributed by atoms with E-state index in [0.29, 0.717) is 13.2 Å². The number of hydrogen-bond donors (Lipinski definition) is 1. The minimum atomic E-state index is 0.364. The van der Waals surface area contributed by atoms with E-state index in [-0.39, 0.29) is 0 Å².